The zero-order valence-electron chi connectivity index (χ0n) is 11.2. The van der Waals surface area contributed by atoms with Crippen LogP contribution < -0.4 is 5.32 Å². The van der Waals surface area contributed by atoms with E-state index in [4.69, 9.17) is 4.74 Å². The van der Waals surface area contributed by atoms with Crippen LogP contribution in [0.4, 0.5) is 5.69 Å². The maximum absolute atomic E-state index is 12.0. The molecule has 0 unspecified atom stereocenters. The monoisotopic (exact) mass is 400 g/mol. The maximum atomic E-state index is 12.0. The molecule has 1 N–H and O–H groups in total. The van der Waals surface area contributed by atoms with Gasteiger partial charge in [-0.2, -0.15) is 0 Å². The summed E-state index contributed by atoms with van der Waals surface area (Å²) in [6.45, 7) is 4.81. The molecule has 2 aromatic rings. The molecule has 1 aromatic carbocycles. The molecule has 1 heterocycles. The lowest BCUT2D eigenvalue weighted by Crippen LogP contribution is -2.11. The molecule has 1 aromatic heterocycles. The molecule has 0 aliphatic heterocycles. The quantitative estimate of drug-likeness (QED) is 0.773. The minimum Gasteiger partial charge on any atom is -0.462 e. The lowest BCUT2D eigenvalue weighted by molar-refractivity contribution is 0.0527. The summed E-state index contributed by atoms with van der Waals surface area (Å²) in [5.74, 6) is -0.367. The highest BCUT2D eigenvalue weighted by molar-refractivity contribution is 9.11. The van der Waals surface area contributed by atoms with E-state index in [1.165, 1.54) is 0 Å². The van der Waals surface area contributed by atoms with E-state index < -0.39 is 0 Å². The Hall–Kier alpha value is -1.14. The Morgan fingerprint density at radius 2 is 2.10 bits per heavy atom. The molecule has 4 nitrogen and oxygen atoms in total. The number of esters is 1. The van der Waals surface area contributed by atoms with Gasteiger partial charge in [0.1, 0.15) is 5.56 Å². The number of halogens is 2. The third-order valence-corrected chi connectivity index (χ3v) is 3.80. The van der Waals surface area contributed by atoms with Crippen LogP contribution in [0.25, 0.3) is 10.9 Å². The lowest BCUT2D eigenvalue weighted by atomic mass is 10.1. The van der Waals surface area contributed by atoms with Crippen molar-refractivity contribution in [3.63, 3.8) is 0 Å². The number of nitrogens with one attached hydrogen (secondary N) is 1. The first-order valence-electron chi connectivity index (χ1n) is 6.27. The van der Waals surface area contributed by atoms with Gasteiger partial charge in [0.15, 0.2) is 0 Å². The van der Waals surface area contributed by atoms with Crippen molar-refractivity contribution in [1.29, 1.82) is 0 Å². The molecule has 106 valence electrons. The molecule has 0 atom stereocenters. The van der Waals surface area contributed by atoms with E-state index >= 15 is 0 Å². The highest BCUT2D eigenvalue weighted by Crippen LogP contribution is 2.33. The molecule has 0 radical (unpaired) electrons. The van der Waals surface area contributed by atoms with E-state index in [1.54, 1.807) is 13.1 Å². The Morgan fingerprint density at radius 3 is 2.75 bits per heavy atom. The fourth-order valence-electron chi connectivity index (χ4n) is 1.96. The molecule has 0 spiro atoms. The molecule has 20 heavy (non-hydrogen) atoms. The maximum Gasteiger partial charge on any atom is 0.341 e. The third-order valence-electron chi connectivity index (χ3n) is 2.74. The van der Waals surface area contributed by atoms with Crippen molar-refractivity contribution < 1.29 is 9.53 Å². The fourth-order valence-corrected chi connectivity index (χ4v) is 3.28. The zero-order valence-corrected chi connectivity index (χ0v) is 14.3. The van der Waals surface area contributed by atoms with Gasteiger partial charge in [0.2, 0.25) is 0 Å². The van der Waals surface area contributed by atoms with Crippen LogP contribution in [-0.4, -0.2) is 24.1 Å². The van der Waals surface area contributed by atoms with Gasteiger partial charge in [-0.05, 0) is 41.9 Å². The molecule has 6 heteroatoms. The van der Waals surface area contributed by atoms with Crippen LogP contribution in [0.3, 0.4) is 0 Å². The van der Waals surface area contributed by atoms with Crippen molar-refractivity contribution in [1.82, 2.24) is 4.98 Å². The summed E-state index contributed by atoms with van der Waals surface area (Å²) in [6.07, 6.45) is 1.55. The van der Waals surface area contributed by atoms with Crippen LogP contribution in [0.15, 0.2) is 27.3 Å². The Bertz CT molecular complexity index is 659. The molecule has 0 aliphatic rings. The topological polar surface area (TPSA) is 51.2 Å². The number of hydrogen-bond donors (Lipinski definition) is 1. The number of anilines is 1. The summed E-state index contributed by atoms with van der Waals surface area (Å²) in [7, 11) is 0. The normalized spacial score (nSPS) is 10.6. The number of benzene rings is 1. The summed E-state index contributed by atoms with van der Waals surface area (Å²) in [6, 6.07) is 3.86. The number of carbonyl (C=O) groups is 1. The number of nitrogens with zero attached hydrogens (tertiary/aromatic N) is 1. The average Bonchev–Trinajstić information content (AvgIpc) is 2.39. The SMILES string of the molecule is CCNc1c(C(=O)OCC)cnc2c(Br)cc(Br)cc12. The second-order valence-electron chi connectivity index (χ2n) is 4.08. The van der Waals surface area contributed by atoms with Crippen molar-refractivity contribution >= 4 is 54.4 Å². The van der Waals surface area contributed by atoms with Gasteiger partial charge in [-0.3, -0.25) is 4.98 Å². The van der Waals surface area contributed by atoms with Crippen molar-refractivity contribution in [3.05, 3.63) is 32.8 Å². The van der Waals surface area contributed by atoms with E-state index in [0.717, 1.165) is 25.5 Å². The summed E-state index contributed by atoms with van der Waals surface area (Å²) in [5.41, 5.74) is 2.00. The van der Waals surface area contributed by atoms with E-state index in [-0.39, 0.29) is 5.97 Å². The van der Waals surface area contributed by atoms with Gasteiger partial charge in [-0.25, -0.2) is 4.79 Å². The zero-order chi connectivity index (χ0) is 14.7. The van der Waals surface area contributed by atoms with E-state index in [2.05, 4.69) is 42.2 Å². The second kappa shape index (κ2) is 6.54. The van der Waals surface area contributed by atoms with Gasteiger partial charge < -0.3 is 10.1 Å². The number of rotatable bonds is 4. The van der Waals surface area contributed by atoms with Gasteiger partial charge in [0.05, 0.1) is 17.8 Å². The molecule has 2 rings (SSSR count). The Labute approximate surface area is 134 Å². The number of fused-ring (bicyclic) bond motifs is 1. The smallest absolute Gasteiger partial charge is 0.341 e. The van der Waals surface area contributed by atoms with Gasteiger partial charge in [0.25, 0.3) is 0 Å². The predicted molar refractivity (Wildman–Crippen MR) is 87.3 cm³/mol. The van der Waals surface area contributed by atoms with Gasteiger partial charge in [0, 0.05) is 27.1 Å². The van der Waals surface area contributed by atoms with Crippen LogP contribution in [0, 0.1) is 0 Å². The first-order chi connectivity index (χ1) is 9.58. The van der Waals surface area contributed by atoms with Crippen LogP contribution >= 0.6 is 31.9 Å². The van der Waals surface area contributed by atoms with Gasteiger partial charge in [-0.1, -0.05) is 15.9 Å². The summed E-state index contributed by atoms with van der Waals surface area (Å²) < 4.78 is 6.87. The molecule has 0 bridgehead atoms. The molecular formula is C14H14Br2N2O2. The molecule has 0 saturated heterocycles. The molecule has 0 fully saturated rings. The standard InChI is InChI=1S/C14H14Br2N2O2/c1-3-17-12-9-5-8(15)6-11(16)13(9)18-7-10(12)14(19)20-4-2/h5-7H,3-4H2,1-2H3,(H,17,18). The first kappa shape index (κ1) is 15.3. The van der Waals surface area contributed by atoms with Gasteiger partial charge in [-0.15, -0.1) is 0 Å². The summed E-state index contributed by atoms with van der Waals surface area (Å²) in [4.78, 5) is 16.4. The molecule has 0 amide bonds. The van der Waals surface area contributed by atoms with Crippen LogP contribution in [0.5, 0.6) is 0 Å². The largest absolute Gasteiger partial charge is 0.462 e. The number of ether oxygens (including phenoxy) is 1. The number of aromatic nitrogens is 1. The Balaban J connectivity index is 2.71. The summed E-state index contributed by atoms with van der Waals surface area (Å²) >= 11 is 6.95. The molecular weight excluding hydrogens is 388 g/mol. The first-order valence-corrected chi connectivity index (χ1v) is 7.85. The van der Waals surface area contributed by atoms with Crippen molar-refractivity contribution in [2.24, 2.45) is 0 Å². The van der Waals surface area contributed by atoms with E-state index in [1.807, 2.05) is 19.1 Å². The lowest BCUT2D eigenvalue weighted by Gasteiger charge is -2.13. The Morgan fingerprint density at radius 1 is 1.35 bits per heavy atom. The van der Waals surface area contributed by atoms with Crippen LogP contribution in [0.1, 0.15) is 24.2 Å². The molecule has 0 saturated carbocycles. The highest BCUT2D eigenvalue weighted by Gasteiger charge is 2.17. The van der Waals surface area contributed by atoms with Gasteiger partial charge >= 0.3 is 5.97 Å². The predicted octanol–water partition coefficient (Wildman–Crippen LogP) is 4.37. The third kappa shape index (κ3) is 2.96. The average molecular weight is 402 g/mol. The highest BCUT2D eigenvalue weighted by atomic mass is 79.9. The fraction of sp³-hybridized carbons (Fsp3) is 0.286. The Kier molecular flexibility index (Phi) is 4.99. The minimum atomic E-state index is -0.367. The minimum absolute atomic E-state index is 0.338. The van der Waals surface area contributed by atoms with E-state index in [9.17, 15) is 4.79 Å². The number of pyridine rings is 1. The van der Waals surface area contributed by atoms with Crippen LogP contribution in [0.2, 0.25) is 0 Å². The number of hydrogen-bond acceptors (Lipinski definition) is 4. The van der Waals surface area contributed by atoms with Crippen molar-refractivity contribution in [2.75, 3.05) is 18.5 Å². The van der Waals surface area contributed by atoms with Crippen LogP contribution in [-0.2, 0) is 4.74 Å². The number of carbonyl (C=O) groups excluding carboxylic acids is 1. The summed E-state index contributed by atoms with van der Waals surface area (Å²) in [5, 5.41) is 4.10. The van der Waals surface area contributed by atoms with Crippen molar-refractivity contribution in [2.45, 2.75) is 13.8 Å². The molecule has 0 aliphatic carbocycles. The van der Waals surface area contributed by atoms with Crippen molar-refractivity contribution in [3.8, 4) is 0 Å². The van der Waals surface area contributed by atoms with E-state index in [0.29, 0.717) is 18.7 Å². The second-order valence-corrected chi connectivity index (χ2v) is 5.85.